The van der Waals surface area contributed by atoms with Crippen molar-refractivity contribution in [2.75, 3.05) is 12.3 Å². The summed E-state index contributed by atoms with van der Waals surface area (Å²) in [7, 11) is 0. The number of anilines is 1. The van der Waals surface area contributed by atoms with E-state index >= 15 is 0 Å². The monoisotopic (exact) mass is 258 g/mol. The standard InChI is InChI=1S/C9H14N4O5/c10-4-1-2-13(8(17)12-4)7-5(15)6(16)9(11,3-14)18-7/h1-2,5-7,14-16H,3,11H2,(H2,10,12,17)/t5-,6+,7-,9-/m1/s1. The SMILES string of the molecule is Nc1ccn([C@@H]2O[C@](N)(CO)[C@@H](O)[C@H]2O)c(=O)n1. The molecule has 100 valence electrons. The van der Waals surface area contributed by atoms with Crippen molar-refractivity contribution in [2.24, 2.45) is 5.73 Å². The minimum atomic E-state index is -1.83. The fourth-order valence-corrected chi connectivity index (χ4v) is 1.78. The Hall–Kier alpha value is -1.52. The predicted octanol–water partition coefficient (Wildman–Crippen LogP) is -3.28. The summed E-state index contributed by atoms with van der Waals surface area (Å²) >= 11 is 0. The molecule has 0 radical (unpaired) electrons. The lowest BCUT2D eigenvalue weighted by molar-refractivity contribution is -0.125. The Balaban J connectivity index is 2.38. The highest BCUT2D eigenvalue weighted by atomic mass is 16.6. The molecule has 0 saturated carbocycles. The highest BCUT2D eigenvalue weighted by molar-refractivity contribution is 5.23. The zero-order valence-corrected chi connectivity index (χ0v) is 9.30. The van der Waals surface area contributed by atoms with Crippen LogP contribution in [-0.4, -0.2) is 49.4 Å². The number of hydrogen-bond donors (Lipinski definition) is 5. The Morgan fingerprint density at radius 1 is 1.56 bits per heavy atom. The van der Waals surface area contributed by atoms with Crippen LogP contribution in [0.4, 0.5) is 5.82 Å². The van der Waals surface area contributed by atoms with Gasteiger partial charge in [-0.2, -0.15) is 4.98 Å². The third-order valence-corrected chi connectivity index (χ3v) is 2.83. The van der Waals surface area contributed by atoms with Gasteiger partial charge in [0.2, 0.25) is 0 Å². The fraction of sp³-hybridized carbons (Fsp3) is 0.556. The molecule has 1 aliphatic heterocycles. The maximum Gasteiger partial charge on any atom is 0.351 e. The molecule has 0 spiro atoms. The van der Waals surface area contributed by atoms with Crippen LogP contribution in [0.2, 0.25) is 0 Å². The zero-order valence-electron chi connectivity index (χ0n) is 9.30. The van der Waals surface area contributed by atoms with Crippen molar-refractivity contribution in [1.29, 1.82) is 0 Å². The van der Waals surface area contributed by atoms with Gasteiger partial charge in [-0.05, 0) is 6.07 Å². The van der Waals surface area contributed by atoms with E-state index in [0.717, 1.165) is 4.57 Å². The van der Waals surface area contributed by atoms with E-state index in [9.17, 15) is 15.0 Å². The Labute approximate surface area is 101 Å². The molecule has 1 saturated heterocycles. The largest absolute Gasteiger partial charge is 0.392 e. The molecule has 7 N–H and O–H groups in total. The van der Waals surface area contributed by atoms with E-state index in [-0.39, 0.29) is 5.82 Å². The lowest BCUT2D eigenvalue weighted by atomic mass is 10.1. The molecule has 1 fully saturated rings. The van der Waals surface area contributed by atoms with Crippen LogP contribution in [0.25, 0.3) is 0 Å². The van der Waals surface area contributed by atoms with Crippen molar-refractivity contribution in [3.63, 3.8) is 0 Å². The second kappa shape index (κ2) is 4.30. The average molecular weight is 258 g/mol. The normalized spacial score (nSPS) is 35.9. The summed E-state index contributed by atoms with van der Waals surface area (Å²) in [6.07, 6.45) is -2.98. The van der Waals surface area contributed by atoms with Gasteiger partial charge < -0.3 is 25.8 Å². The van der Waals surface area contributed by atoms with Crippen LogP contribution < -0.4 is 17.2 Å². The quantitative estimate of drug-likeness (QED) is 0.369. The molecule has 0 amide bonds. The molecule has 1 aliphatic rings. The van der Waals surface area contributed by atoms with Crippen LogP contribution in [0.1, 0.15) is 6.23 Å². The highest BCUT2D eigenvalue weighted by Crippen LogP contribution is 2.32. The number of ether oxygens (including phenoxy) is 1. The van der Waals surface area contributed by atoms with E-state index in [1.807, 2.05) is 0 Å². The second-order valence-electron chi connectivity index (χ2n) is 4.10. The summed E-state index contributed by atoms with van der Waals surface area (Å²) in [5.41, 5.74) is 8.30. The van der Waals surface area contributed by atoms with Crippen LogP contribution in [-0.2, 0) is 4.74 Å². The Kier molecular flexibility index (Phi) is 3.09. The molecule has 1 aromatic heterocycles. The second-order valence-corrected chi connectivity index (χ2v) is 4.10. The van der Waals surface area contributed by atoms with Crippen molar-refractivity contribution < 1.29 is 20.1 Å². The first-order chi connectivity index (χ1) is 8.39. The van der Waals surface area contributed by atoms with Gasteiger partial charge in [-0.25, -0.2) is 4.79 Å². The van der Waals surface area contributed by atoms with Gasteiger partial charge >= 0.3 is 5.69 Å². The molecule has 9 heteroatoms. The molecule has 18 heavy (non-hydrogen) atoms. The van der Waals surface area contributed by atoms with Crippen LogP contribution in [0.5, 0.6) is 0 Å². The average Bonchev–Trinajstić information content (AvgIpc) is 2.55. The van der Waals surface area contributed by atoms with Gasteiger partial charge in [-0.15, -0.1) is 0 Å². The van der Waals surface area contributed by atoms with Crippen LogP contribution >= 0.6 is 0 Å². The number of nitrogen functional groups attached to an aromatic ring is 1. The van der Waals surface area contributed by atoms with E-state index in [1.165, 1.54) is 12.3 Å². The summed E-state index contributed by atoms with van der Waals surface area (Å²) in [6.45, 7) is -0.709. The lowest BCUT2D eigenvalue weighted by Gasteiger charge is -2.24. The maximum atomic E-state index is 11.6. The van der Waals surface area contributed by atoms with E-state index in [0.29, 0.717) is 0 Å². The lowest BCUT2D eigenvalue weighted by Crippen LogP contribution is -2.54. The molecule has 0 unspecified atom stereocenters. The maximum absolute atomic E-state index is 11.6. The minimum absolute atomic E-state index is 0.0189. The third kappa shape index (κ3) is 1.87. The van der Waals surface area contributed by atoms with Crippen molar-refractivity contribution in [3.05, 3.63) is 22.7 Å². The van der Waals surface area contributed by atoms with E-state index in [2.05, 4.69) is 4.98 Å². The highest BCUT2D eigenvalue weighted by Gasteiger charge is 2.52. The molecule has 9 nitrogen and oxygen atoms in total. The van der Waals surface area contributed by atoms with Gasteiger partial charge in [-0.3, -0.25) is 10.3 Å². The number of aliphatic hydroxyl groups is 3. The first kappa shape index (κ1) is 12.9. The Morgan fingerprint density at radius 3 is 2.72 bits per heavy atom. The van der Waals surface area contributed by atoms with E-state index in [4.69, 9.17) is 21.3 Å². The Bertz CT molecular complexity index is 506. The van der Waals surface area contributed by atoms with E-state index < -0.39 is 36.5 Å². The van der Waals surface area contributed by atoms with Gasteiger partial charge in [0.1, 0.15) is 18.0 Å². The topological polar surface area (TPSA) is 157 Å². The molecular formula is C9H14N4O5. The van der Waals surface area contributed by atoms with Crippen LogP contribution in [0.15, 0.2) is 17.1 Å². The molecule has 0 bridgehead atoms. The van der Waals surface area contributed by atoms with Gasteiger partial charge in [0, 0.05) is 6.20 Å². The van der Waals surface area contributed by atoms with Crippen molar-refractivity contribution in [3.8, 4) is 0 Å². The number of aromatic nitrogens is 2. The zero-order chi connectivity index (χ0) is 13.5. The van der Waals surface area contributed by atoms with Gasteiger partial charge in [0.05, 0.1) is 6.61 Å². The molecule has 0 aromatic carbocycles. The number of aliphatic hydroxyl groups excluding tert-OH is 3. The summed E-state index contributed by atoms with van der Waals surface area (Å²) < 4.78 is 6.08. The van der Waals surface area contributed by atoms with Crippen LogP contribution in [0.3, 0.4) is 0 Å². The van der Waals surface area contributed by atoms with Crippen molar-refractivity contribution in [2.45, 2.75) is 24.2 Å². The fourth-order valence-electron chi connectivity index (χ4n) is 1.78. The number of nitrogens with zero attached hydrogens (tertiary/aromatic N) is 2. The first-order valence-corrected chi connectivity index (χ1v) is 5.17. The Morgan fingerprint density at radius 2 is 2.22 bits per heavy atom. The molecule has 0 aliphatic carbocycles. The predicted molar refractivity (Wildman–Crippen MR) is 59.0 cm³/mol. The summed E-state index contributed by atoms with van der Waals surface area (Å²) in [6, 6.07) is 1.33. The smallest absolute Gasteiger partial charge is 0.351 e. The molecule has 4 atom stereocenters. The third-order valence-electron chi connectivity index (χ3n) is 2.83. The number of rotatable bonds is 2. The summed E-state index contributed by atoms with van der Waals surface area (Å²) in [4.78, 5) is 15.0. The molecule has 2 rings (SSSR count). The summed E-state index contributed by atoms with van der Waals surface area (Å²) in [5, 5.41) is 28.5. The molecule has 2 heterocycles. The van der Waals surface area contributed by atoms with Crippen molar-refractivity contribution >= 4 is 5.82 Å². The molecule has 1 aromatic rings. The minimum Gasteiger partial charge on any atom is -0.392 e. The first-order valence-electron chi connectivity index (χ1n) is 5.17. The number of hydrogen-bond acceptors (Lipinski definition) is 8. The van der Waals surface area contributed by atoms with Gasteiger partial charge in [-0.1, -0.05) is 0 Å². The molecular weight excluding hydrogens is 244 g/mol. The van der Waals surface area contributed by atoms with Gasteiger partial charge in [0.15, 0.2) is 12.0 Å². The van der Waals surface area contributed by atoms with Crippen molar-refractivity contribution in [1.82, 2.24) is 9.55 Å². The summed E-state index contributed by atoms with van der Waals surface area (Å²) in [5.74, 6) is 0.0189. The van der Waals surface area contributed by atoms with E-state index in [1.54, 1.807) is 0 Å². The van der Waals surface area contributed by atoms with Gasteiger partial charge in [0.25, 0.3) is 0 Å². The van der Waals surface area contributed by atoms with Crippen LogP contribution in [0, 0.1) is 0 Å². The number of nitrogens with two attached hydrogens (primary N) is 2.